The smallest absolute Gasteiger partial charge is 0.310 e. The third-order valence-corrected chi connectivity index (χ3v) is 8.32. The molecule has 2 bridgehead atoms. The van der Waals surface area contributed by atoms with Gasteiger partial charge in [-0.1, -0.05) is 66.2 Å². The zero-order valence-electron chi connectivity index (χ0n) is 20.0. The third kappa shape index (κ3) is 4.32. The Kier molecular flexibility index (Phi) is 7.41. The minimum Gasteiger partial charge on any atom is -0.481 e. The van der Waals surface area contributed by atoms with Crippen LogP contribution in [0.5, 0.6) is 0 Å². The second-order valence-corrected chi connectivity index (χ2v) is 11.4. The second kappa shape index (κ2) is 10.0. The Balaban J connectivity index is 1.79. The largest absolute Gasteiger partial charge is 0.481 e. The molecule has 3 heterocycles. The summed E-state index contributed by atoms with van der Waals surface area (Å²) in [6, 6.07) is 7.87. The molecule has 3 fully saturated rings. The van der Waals surface area contributed by atoms with Crippen LogP contribution in [0.25, 0.3) is 0 Å². The van der Waals surface area contributed by atoms with Gasteiger partial charge in [0, 0.05) is 17.9 Å². The lowest BCUT2D eigenvalue weighted by molar-refractivity contribution is -0.153. The molecule has 35 heavy (non-hydrogen) atoms. The van der Waals surface area contributed by atoms with Crippen molar-refractivity contribution in [1.29, 1.82) is 0 Å². The maximum absolute atomic E-state index is 14.3. The van der Waals surface area contributed by atoms with E-state index in [4.69, 9.17) is 4.74 Å². The molecule has 3 unspecified atom stereocenters. The number of nitrogens with zero attached hydrogens (tertiary/aromatic N) is 2. The average Bonchev–Trinajstić information content (AvgIpc) is 3.41. The molecule has 0 aromatic heterocycles. The fraction of sp³-hybridized carbons (Fsp3) is 0.577. The first kappa shape index (κ1) is 25.9. The van der Waals surface area contributed by atoms with Crippen molar-refractivity contribution in [2.45, 2.75) is 61.8 Å². The first-order chi connectivity index (χ1) is 16.7. The number of hydrogen-bond acceptors (Lipinski definition) is 5. The lowest BCUT2D eigenvalue weighted by atomic mass is 9.70. The maximum atomic E-state index is 14.3. The van der Waals surface area contributed by atoms with E-state index in [2.05, 4.69) is 22.5 Å². The molecule has 3 aliphatic rings. The summed E-state index contributed by atoms with van der Waals surface area (Å²) in [5, 5.41) is 20.3. The second-order valence-electron chi connectivity index (χ2n) is 10.2. The molecule has 3 saturated heterocycles. The van der Waals surface area contributed by atoms with Crippen LogP contribution in [0.15, 0.2) is 43.0 Å². The monoisotopic (exact) mass is 548 g/mol. The highest BCUT2D eigenvalue weighted by Gasteiger charge is 2.77. The SMILES string of the molecule is C=CCN(Cc1ccccc1)C(=O)C1N([C@@H](CO)CC(C)C)C(=O)[C@@H]2[C@H](C(=O)O)[C@H]3OC12CC3Br. The number of benzene rings is 1. The summed E-state index contributed by atoms with van der Waals surface area (Å²) in [4.78, 5) is 43.2. The van der Waals surface area contributed by atoms with Gasteiger partial charge in [-0.25, -0.2) is 0 Å². The van der Waals surface area contributed by atoms with E-state index in [0.29, 0.717) is 19.4 Å². The number of aliphatic hydroxyl groups is 1. The Morgan fingerprint density at radius 1 is 1.34 bits per heavy atom. The lowest BCUT2D eigenvalue weighted by Gasteiger charge is -2.39. The van der Waals surface area contributed by atoms with Crippen LogP contribution >= 0.6 is 15.9 Å². The molecular formula is C26H33BrN2O6. The van der Waals surface area contributed by atoms with E-state index < -0.39 is 47.5 Å². The first-order valence-corrected chi connectivity index (χ1v) is 13.0. The maximum Gasteiger partial charge on any atom is 0.310 e. The van der Waals surface area contributed by atoms with Crippen LogP contribution in [0.3, 0.4) is 0 Å². The van der Waals surface area contributed by atoms with Gasteiger partial charge in [0.2, 0.25) is 11.8 Å². The summed E-state index contributed by atoms with van der Waals surface area (Å²) < 4.78 is 6.34. The third-order valence-electron chi connectivity index (χ3n) is 7.47. The van der Waals surface area contributed by atoms with Crippen molar-refractivity contribution in [3.05, 3.63) is 48.6 Å². The molecule has 1 aromatic rings. The number of carboxylic acids is 1. The molecule has 8 nitrogen and oxygen atoms in total. The fourth-order valence-electron chi connectivity index (χ4n) is 6.21. The van der Waals surface area contributed by atoms with Crippen molar-refractivity contribution < 1.29 is 29.3 Å². The van der Waals surface area contributed by atoms with Gasteiger partial charge in [0.05, 0.1) is 30.6 Å². The molecule has 0 radical (unpaired) electrons. The zero-order chi connectivity index (χ0) is 25.5. The molecule has 1 aromatic carbocycles. The van der Waals surface area contributed by atoms with Gasteiger partial charge in [0.1, 0.15) is 11.6 Å². The van der Waals surface area contributed by atoms with E-state index in [-0.39, 0.29) is 29.8 Å². The van der Waals surface area contributed by atoms with Crippen molar-refractivity contribution >= 4 is 33.7 Å². The van der Waals surface area contributed by atoms with Crippen LogP contribution in [-0.2, 0) is 25.7 Å². The Labute approximate surface area is 214 Å². The standard InChI is InChI=1S/C26H33BrN2O6/c1-4-10-28(13-16-8-6-5-7-9-16)24(32)22-26-12-18(27)21(35-26)19(25(33)34)20(26)23(31)29(22)17(14-30)11-15(2)3/h4-9,15,17-22,30H,1,10-14H2,2-3H3,(H,33,34)/t17-,18?,19+,20+,21+,22?,26?/m1/s1. The molecule has 3 aliphatic heterocycles. The number of aliphatic hydroxyl groups excluding tert-OH is 1. The number of carbonyl (C=O) groups is 3. The molecule has 2 amide bonds. The van der Waals surface area contributed by atoms with Gasteiger partial charge in [-0.15, -0.1) is 6.58 Å². The Morgan fingerprint density at radius 3 is 2.60 bits per heavy atom. The van der Waals surface area contributed by atoms with Crippen molar-refractivity contribution in [3.8, 4) is 0 Å². The predicted octanol–water partition coefficient (Wildman–Crippen LogP) is 2.44. The quantitative estimate of drug-likeness (QED) is 0.343. The van der Waals surface area contributed by atoms with Gasteiger partial charge in [-0.2, -0.15) is 0 Å². The molecule has 0 saturated carbocycles. The summed E-state index contributed by atoms with van der Waals surface area (Å²) in [6.45, 7) is 8.01. The van der Waals surface area contributed by atoms with Gasteiger partial charge in [0.15, 0.2) is 0 Å². The number of ether oxygens (including phenoxy) is 1. The molecule has 9 heteroatoms. The highest BCUT2D eigenvalue weighted by Crippen LogP contribution is 2.60. The number of carbonyl (C=O) groups excluding carboxylic acids is 2. The molecule has 0 aliphatic carbocycles. The summed E-state index contributed by atoms with van der Waals surface area (Å²) in [6.07, 6.45) is 1.76. The number of fused-ring (bicyclic) bond motifs is 1. The van der Waals surface area contributed by atoms with Crippen LogP contribution in [-0.4, -0.2) is 79.6 Å². The molecule has 7 atom stereocenters. The fourth-order valence-corrected chi connectivity index (χ4v) is 7.15. The number of aliphatic carboxylic acids is 1. The van der Waals surface area contributed by atoms with E-state index in [1.165, 1.54) is 4.90 Å². The summed E-state index contributed by atoms with van der Waals surface area (Å²) >= 11 is 3.56. The van der Waals surface area contributed by atoms with Gasteiger partial charge < -0.3 is 24.7 Å². The summed E-state index contributed by atoms with van der Waals surface area (Å²) in [7, 11) is 0. The molecule has 2 N–H and O–H groups in total. The topological polar surface area (TPSA) is 107 Å². The molecule has 1 spiro atoms. The number of carboxylic acid groups (broad SMARTS) is 1. The van der Waals surface area contributed by atoms with Crippen LogP contribution in [0, 0.1) is 17.8 Å². The Hall–Kier alpha value is -2.23. The van der Waals surface area contributed by atoms with E-state index in [0.717, 1.165) is 5.56 Å². The highest BCUT2D eigenvalue weighted by atomic mass is 79.9. The highest BCUT2D eigenvalue weighted by molar-refractivity contribution is 9.09. The lowest BCUT2D eigenvalue weighted by Crippen LogP contribution is -2.59. The number of alkyl halides is 1. The number of amides is 2. The van der Waals surface area contributed by atoms with Crippen molar-refractivity contribution in [2.75, 3.05) is 13.2 Å². The number of rotatable bonds is 10. The van der Waals surface area contributed by atoms with Crippen LogP contribution in [0.4, 0.5) is 0 Å². The van der Waals surface area contributed by atoms with Crippen LogP contribution < -0.4 is 0 Å². The van der Waals surface area contributed by atoms with Crippen molar-refractivity contribution in [1.82, 2.24) is 9.80 Å². The number of likely N-dealkylation sites (tertiary alicyclic amines) is 1. The van der Waals surface area contributed by atoms with Gasteiger partial charge >= 0.3 is 5.97 Å². The number of hydrogen-bond donors (Lipinski definition) is 2. The summed E-state index contributed by atoms with van der Waals surface area (Å²) in [5.74, 6) is -3.73. The van der Waals surface area contributed by atoms with Crippen LogP contribution in [0.1, 0.15) is 32.3 Å². The number of halogens is 1. The Morgan fingerprint density at radius 2 is 2.03 bits per heavy atom. The molecular weight excluding hydrogens is 516 g/mol. The van der Waals surface area contributed by atoms with Crippen molar-refractivity contribution in [2.24, 2.45) is 17.8 Å². The van der Waals surface area contributed by atoms with E-state index in [1.807, 2.05) is 44.2 Å². The van der Waals surface area contributed by atoms with Gasteiger partial charge in [-0.05, 0) is 24.3 Å². The zero-order valence-corrected chi connectivity index (χ0v) is 21.6. The minimum atomic E-state index is -1.27. The van der Waals surface area contributed by atoms with Crippen LogP contribution in [0.2, 0.25) is 0 Å². The minimum absolute atomic E-state index is 0.152. The predicted molar refractivity (Wildman–Crippen MR) is 133 cm³/mol. The molecule has 4 rings (SSSR count). The van der Waals surface area contributed by atoms with Gasteiger partial charge in [0.25, 0.3) is 0 Å². The Bertz CT molecular complexity index is 987. The van der Waals surface area contributed by atoms with E-state index >= 15 is 0 Å². The summed E-state index contributed by atoms with van der Waals surface area (Å²) in [5.41, 5.74) is -0.344. The van der Waals surface area contributed by atoms with E-state index in [1.54, 1.807) is 11.0 Å². The average molecular weight is 549 g/mol. The van der Waals surface area contributed by atoms with E-state index in [9.17, 15) is 24.6 Å². The first-order valence-electron chi connectivity index (χ1n) is 12.1. The molecule has 190 valence electrons. The van der Waals surface area contributed by atoms with Crippen molar-refractivity contribution in [3.63, 3.8) is 0 Å². The normalized spacial score (nSPS) is 32.1. The van der Waals surface area contributed by atoms with Gasteiger partial charge in [-0.3, -0.25) is 14.4 Å².